The van der Waals surface area contributed by atoms with Crippen LogP contribution in [0.2, 0.25) is 5.02 Å². The van der Waals surface area contributed by atoms with E-state index in [0.717, 1.165) is 16.7 Å². The Labute approximate surface area is 166 Å². The predicted octanol–water partition coefficient (Wildman–Crippen LogP) is -0.707. The molecule has 0 aromatic heterocycles. The first-order valence-corrected chi connectivity index (χ1v) is 8.97. The van der Waals surface area contributed by atoms with E-state index in [1.165, 1.54) is 0 Å². The average molecular weight is 403 g/mol. The largest absolute Gasteiger partial charge is 0.480 e. The van der Waals surface area contributed by atoms with E-state index >= 15 is 0 Å². The summed E-state index contributed by atoms with van der Waals surface area (Å²) in [5.41, 5.74) is 7.36. The maximum atomic E-state index is 12.6. The molecule has 1 saturated carbocycles. The van der Waals surface area contributed by atoms with E-state index in [9.17, 15) is 9.59 Å². The molecule has 9 heteroatoms. The highest BCUT2D eigenvalue weighted by Crippen LogP contribution is 2.51. The van der Waals surface area contributed by atoms with Crippen molar-refractivity contribution < 1.29 is 19.8 Å². The molecule has 1 aliphatic carbocycles. The van der Waals surface area contributed by atoms with Crippen molar-refractivity contribution in [1.29, 1.82) is 0 Å². The molecule has 1 fully saturated rings. The van der Waals surface area contributed by atoms with Crippen LogP contribution in [0.1, 0.15) is 17.9 Å². The number of benzene rings is 2. The van der Waals surface area contributed by atoms with Gasteiger partial charge in [-0.2, -0.15) is 5.10 Å². The van der Waals surface area contributed by atoms with Crippen LogP contribution in [0.4, 0.5) is 0 Å². The molecule has 0 radical (unpaired) electrons. The number of nitrogens with one attached hydrogen (secondary N) is 3. The molecule has 1 amide bonds. The Balaban J connectivity index is 1.81. The maximum Gasteiger partial charge on any atom is 0.369 e. The van der Waals surface area contributed by atoms with Crippen LogP contribution < -0.4 is 27.3 Å². The molecule has 2 aromatic carbocycles. The van der Waals surface area contributed by atoms with Gasteiger partial charge in [0.2, 0.25) is 0 Å². The second-order valence-electron chi connectivity index (χ2n) is 6.62. The van der Waals surface area contributed by atoms with Gasteiger partial charge in [-0.05, 0) is 35.2 Å². The number of guanidine groups is 1. The number of hydrazone groups is 1. The minimum absolute atomic E-state index is 0.108. The van der Waals surface area contributed by atoms with E-state index in [4.69, 9.17) is 28.3 Å². The standard InChI is InChI=1S/C19H20ClN5O3/c20-14-3-1-2-13(8-14)11-4-6-12(7-5-11)15-9-19(15,23-10-16(26)27)17(28)24-18(21)25-22/h1-8,15,23H,9-10,22H2,(H,26,27)(H3,21,24,25,28)/p+1. The summed E-state index contributed by atoms with van der Waals surface area (Å²) in [6.07, 6.45) is 0.445. The molecule has 0 aliphatic heterocycles. The minimum Gasteiger partial charge on any atom is -0.480 e. The molecule has 1 aliphatic rings. The van der Waals surface area contributed by atoms with Gasteiger partial charge in [-0.3, -0.25) is 26.5 Å². The highest BCUT2D eigenvalue weighted by molar-refractivity contribution is 6.30. The first kappa shape index (κ1) is 19.7. The zero-order valence-corrected chi connectivity index (χ0v) is 15.7. The summed E-state index contributed by atoms with van der Waals surface area (Å²) in [5, 5.41) is 17.1. The van der Waals surface area contributed by atoms with Crippen molar-refractivity contribution in [3.63, 3.8) is 0 Å². The second-order valence-corrected chi connectivity index (χ2v) is 7.06. The minimum atomic E-state index is -1.06. The molecule has 2 atom stereocenters. The normalized spacial score (nSPS) is 21.2. The number of hydrogen-bond donors (Lipinski definition) is 6. The van der Waals surface area contributed by atoms with Crippen molar-refractivity contribution in [2.45, 2.75) is 17.9 Å². The van der Waals surface area contributed by atoms with Gasteiger partial charge in [-0.1, -0.05) is 48.0 Å². The summed E-state index contributed by atoms with van der Waals surface area (Å²) in [4.78, 5) is 23.6. The van der Waals surface area contributed by atoms with Crippen LogP contribution in [-0.2, 0) is 9.59 Å². The fourth-order valence-electron chi connectivity index (χ4n) is 3.27. The number of hydrazine groups is 1. The predicted molar refractivity (Wildman–Crippen MR) is 105 cm³/mol. The third kappa shape index (κ3) is 4.08. The van der Waals surface area contributed by atoms with E-state index in [2.05, 4.69) is 15.7 Å². The van der Waals surface area contributed by atoms with Gasteiger partial charge in [0.15, 0.2) is 0 Å². The number of carbonyl (C=O) groups is 2. The van der Waals surface area contributed by atoms with Crippen molar-refractivity contribution in [1.82, 2.24) is 10.6 Å². The van der Waals surface area contributed by atoms with E-state index in [1.54, 1.807) is 0 Å². The van der Waals surface area contributed by atoms with Crippen molar-refractivity contribution in [3.8, 4) is 11.1 Å². The van der Waals surface area contributed by atoms with E-state index in [0.29, 0.717) is 11.4 Å². The van der Waals surface area contributed by atoms with E-state index < -0.39 is 17.4 Å². The number of carboxylic acid groups (broad SMARTS) is 1. The van der Waals surface area contributed by atoms with Crippen molar-refractivity contribution in [2.24, 2.45) is 11.6 Å². The fourth-order valence-corrected chi connectivity index (χ4v) is 3.46. The maximum absolute atomic E-state index is 12.6. The molecule has 2 unspecified atom stereocenters. The first-order chi connectivity index (χ1) is 13.4. The number of nitrogens with two attached hydrogens (primary N) is 2. The third-order valence-electron chi connectivity index (χ3n) is 4.80. The van der Waals surface area contributed by atoms with Crippen LogP contribution in [0.5, 0.6) is 0 Å². The Kier molecular flexibility index (Phi) is 5.53. The summed E-state index contributed by atoms with van der Waals surface area (Å²) in [7, 11) is 0. The number of amides is 1. The number of rotatable bonds is 6. The number of aliphatic carboxylic acids is 1. The summed E-state index contributed by atoms with van der Waals surface area (Å²) in [5.74, 6) is 3.40. The van der Waals surface area contributed by atoms with Crippen LogP contribution >= 0.6 is 11.6 Å². The molecular weight excluding hydrogens is 382 g/mol. The molecule has 0 bridgehead atoms. The zero-order valence-electron chi connectivity index (χ0n) is 14.9. The molecule has 8 N–H and O–H groups in total. The molecule has 0 heterocycles. The van der Waals surface area contributed by atoms with Crippen LogP contribution in [0.3, 0.4) is 0 Å². The monoisotopic (exact) mass is 402 g/mol. The van der Waals surface area contributed by atoms with Crippen LogP contribution in [0.25, 0.3) is 11.1 Å². The van der Waals surface area contributed by atoms with Gasteiger partial charge < -0.3 is 5.11 Å². The lowest BCUT2D eigenvalue weighted by molar-refractivity contribution is -0.472. The SMILES string of the molecule is N[NH+]=C(N)NC(=O)C1(NCC(=O)O)CC1c1ccc(-c2cccc(Cl)c2)cc1. The second kappa shape index (κ2) is 7.87. The molecule has 28 heavy (non-hydrogen) atoms. The highest BCUT2D eigenvalue weighted by Gasteiger charge is 2.62. The van der Waals surface area contributed by atoms with Gasteiger partial charge in [-0.25, -0.2) is 5.32 Å². The molecule has 8 nitrogen and oxygen atoms in total. The van der Waals surface area contributed by atoms with Gasteiger partial charge in [0, 0.05) is 10.9 Å². The highest BCUT2D eigenvalue weighted by atomic mass is 35.5. The number of hydrogen-bond acceptors (Lipinski definition) is 4. The van der Waals surface area contributed by atoms with Gasteiger partial charge >= 0.3 is 17.8 Å². The van der Waals surface area contributed by atoms with Gasteiger partial charge in [0.05, 0.1) is 6.54 Å². The van der Waals surface area contributed by atoms with Crippen molar-refractivity contribution >= 4 is 29.4 Å². The smallest absolute Gasteiger partial charge is 0.369 e. The molecular formula is C19H21ClN5O3+. The van der Waals surface area contributed by atoms with Gasteiger partial charge in [0.25, 0.3) is 0 Å². The Morgan fingerprint density at radius 3 is 2.54 bits per heavy atom. The summed E-state index contributed by atoms with van der Waals surface area (Å²) >= 11 is 6.05. The first-order valence-electron chi connectivity index (χ1n) is 8.59. The summed E-state index contributed by atoms with van der Waals surface area (Å²) in [6.45, 7) is -0.347. The summed E-state index contributed by atoms with van der Waals surface area (Å²) in [6, 6.07) is 15.3. The Morgan fingerprint density at radius 2 is 1.93 bits per heavy atom. The molecule has 3 rings (SSSR count). The van der Waals surface area contributed by atoms with E-state index in [-0.39, 0.29) is 18.4 Å². The zero-order chi connectivity index (χ0) is 20.3. The number of carboxylic acids is 1. The van der Waals surface area contributed by atoms with Crippen LogP contribution in [0, 0.1) is 0 Å². The fraction of sp³-hybridized carbons (Fsp3) is 0.211. The topological polar surface area (TPSA) is 144 Å². The molecule has 2 aromatic rings. The number of halogens is 1. The van der Waals surface area contributed by atoms with Gasteiger partial charge in [-0.15, -0.1) is 0 Å². The molecule has 0 spiro atoms. The number of carbonyl (C=O) groups excluding carboxylic acids is 1. The summed E-state index contributed by atoms with van der Waals surface area (Å²) < 4.78 is 0. The van der Waals surface area contributed by atoms with Crippen LogP contribution in [0.15, 0.2) is 48.5 Å². The van der Waals surface area contributed by atoms with E-state index in [1.807, 2.05) is 48.5 Å². The lowest BCUT2D eigenvalue weighted by atomic mass is 10.00. The third-order valence-corrected chi connectivity index (χ3v) is 5.03. The van der Waals surface area contributed by atoms with Gasteiger partial charge in [0.1, 0.15) is 5.54 Å². The Morgan fingerprint density at radius 1 is 1.21 bits per heavy atom. The molecule has 146 valence electrons. The Bertz CT molecular complexity index is 931. The Hall–Kier alpha value is -3.10. The lowest BCUT2D eigenvalue weighted by Gasteiger charge is -2.15. The molecule has 0 saturated heterocycles. The van der Waals surface area contributed by atoms with Crippen molar-refractivity contribution in [2.75, 3.05) is 6.54 Å². The average Bonchev–Trinajstić information content (AvgIpc) is 3.42. The van der Waals surface area contributed by atoms with Crippen LogP contribution in [-0.4, -0.2) is 35.0 Å². The van der Waals surface area contributed by atoms with Crippen molar-refractivity contribution in [3.05, 3.63) is 59.1 Å². The lowest BCUT2D eigenvalue weighted by Crippen LogP contribution is -2.85. The quantitative estimate of drug-likeness (QED) is 0.163.